The van der Waals surface area contributed by atoms with Gasteiger partial charge < -0.3 is 26.8 Å². The smallest absolute Gasteiger partial charge is 0.265 e. The Kier molecular flexibility index (Phi) is 4.74. The van der Waals surface area contributed by atoms with Gasteiger partial charge in [0.2, 0.25) is 5.91 Å². The number of ether oxygens (including phenoxy) is 1. The Labute approximate surface area is 119 Å². The van der Waals surface area contributed by atoms with Crippen molar-refractivity contribution in [2.75, 3.05) is 30.8 Å². The van der Waals surface area contributed by atoms with Crippen molar-refractivity contribution in [1.82, 2.24) is 10.3 Å². The van der Waals surface area contributed by atoms with E-state index in [4.69, 9.17) is 16.2 Å². The van der Waals surface area contributed by atoms with Gasteiger partial charge in [-0.2, -0.15) is 0 Å². The van der Waals surface area contributed by atoms with E-state index >= 15 is 0 Å². The lowest BCUT2D eigenvalue weighted by Gasteiger charge is -2.04. The maximum absolute atomic E-state index is 11.9. The number of nitrogens with zero attached hydrogens (tertiary/aromatic N) is 1. The highest BCUT2D eigenvalue weighted by atomic mass is 32.1. The summed E-state index contributed by atoms with van der Waals surface area (Å²) < 4.78 is 4.93. The topological polar surface area (TPSA) is 132 Å². The third-order valence-electron chi connectivity index (χ3n) is 2.54. The van der Waals surface area contributed by atoms with E-state index in [1.807, 2.05) is 0 Å². The number of carbonyl (C=O) groups is 2. The van der Waals surface area contributed by atoms with Crippen LogP contribution >= 0.6 is 11.3 Å². The zero-order chi connectivity index (χ0) is 14.5. The van der Waals surface area contributed by atoms with Gasteiger partial charge in [0.25, 0.3) is 5.91 Å². The number of aromatic nitrogens is 1. The molecule has 1 aromatic heterocycles. The van der Waals surface area contributed by atoms with Crippen molar-refractivity contribution >= 4 is 34.1 Å². The Morgan fingerprint density at radius 1 is 1.45 bits per heavy atom. The third-order valence-corrected chi connectivity index (χ3v) is 3.54. The highest BCUT2D eigenvalue weighted by molar-refractivity contribution is 7.18. The van der Waals surface area contributed by atoms with Crippen molar-refractivity contribution in [1.29, 1.82) is 0 Å². The van der Waals surface area contributed by atoms with E-state index in [0.29, 0.717) is 16.1 Å². The number of nitrogen functional groups attached to an aromatic ring is 1. The molecule has 0 atom stereocenters. The lowest BCUT2D eigenvalue weighted by Crippen LogP contribution is -2.28. The molecule has 0 aromatic carbocycles. The van der Waals surface area contributed by atoms with Gasteiger partial charge >= 0.3 is 0 Å². The lowest BCUT2D eigenvalue weighted by atomic mass is 10.4. The summed E-state index contributed by atoms with van der Waals surface area (Å²) in [6.45, 7) is 0.323. The minimum Gasteiger partial charge on any atom is -0.382 e. The number of rotatable bonds is 8. The summed E-state index contributed by atoms with van der Waals surface area (Å²) >= 11 is 1.23. The summed E-state index contributed by atoms with van der Waals surface area (Å²) in [6, 6.07) is 0.457. The fourth-order valence-corrected chi connectivity index (χ4v) is 2.33. The molecule has 2 amide bonds. The number of hydrogen-bond donors (Lipinski definition) is 4. The summed E-state index contributed by atoms with van der Waals surface area (Å²) in [6.07, 6.45) is 2.25. The van der Waals surface area contributed by atoms with Crippen LogP contribution in [0.1, 0.15) is 22.5 Å². The van der Waals surface area contributed by atoms with Gasteiger partial charge in [0, 0.05) is 12.6 Å². The standard InChI is InChI=1S/C11H17N5O3S/c12-7(17)5-19-4-3-14-10(18)8-9(13)16-11(20-8)15-6-1-2-6/h6H,1-5,13H2,(H2,12,17)(H,14,18)(H,15,16). The van der Waals surface area contributed by atoms with E-state index in [0.717, 1.165) is 12.8 Å². The third kappa shape index (κ3) is 4.35. The largest absolute Gasteiger partial charge is 0.382 e. The van der Waals surface area contributed by atoms with E-state index in [9.17, 15) is 9.59 Å². The van der Waals surface area contributed by atoms with Crippen LogP contribution in [0.5, 0.6) is 0 Å². The molecule has 1 aliphatic rings. The Morgan fingerprint density at radius 2 is 2.20 bits per heavy atom. The average Bonchev–Trinajstić information content (AvgIpc) is 3.10. The fourth-order valence-electron chi connectivity index (χ4n) is 1.45. The summed E-state index contributed by atoms with van der Waals surface area (Å²) in [5.41, 5.74) is 10.6. The molecule has 0 saturated heterocycles. The lowest BCUT2D eigenvalue weighted by molar-refractivity contribution is -0.122. The maximum Gasteiger partial charge on any atom is 0.265 e. The number of amides is 2. The molecule has 0 unspecified atom stereocenters. The number of nitrogens with two attached hydrogens (primary N) is 2. The van der Waals surface area contributed by atoms with Crippen molar-refractivity contribution < 1.29 is 14.3 Å². The van der Waals surface area contributed by atoms with Crippen LogP contribution in [0.25, 0.3) is 0 Å². The first-order chi connectivity index (χ1) is 9.56. The van der Waals surface area contributed by atoms with Gasteiger partial charge in [-0.25, -0.2) is 4.98 Å². The van der Waals surface area contributed by atoms with Gasteiger partial charge in [-0.3, -0.25) is 9.59 Å². The minimum atomic E-state index is -0.543. The highest BCUT2D eigenvalue weighted by Gasteiger charge is 2.24. The Hall–Kier alpha value is -1.87. The number of nitrogens with one attached hydrogen (secondary N) is 2. The van der Waals surface area contributed by atoms with Gasteiger partial charge in [0.05, 0.1) is 6.61 Å². The molecule has 0 bridgehead atoms. The Balaban J connectivity index is 1.76. The normalized spacial score (nSPS) is 14.0. The average molecular weight is 299 g/mol. The van der Waals surface area contributed by atoms with Crippen LogP contribution in [0.4, 0.5) is 10.9 Å². The Bertz CT molecular complexity index is 500. The van der Waals surface area contributed by atoms with E-state index in [2.05, 4.69) is 15.6 Å². The molecule has 20 heavy (non-hydrogen) atoms. The van der Waals surface area contributed by atoms with E-state index < -0.39 is 5.91 Å². The van der Waals surface area contributed by atoms with Crippen LogP contribution in [0.3, 0.4) is 0 Å². The quantitative estimate of drug-likeness (QED) is 0.480. The molecule has 1 saturated carbocycles. The highest BCUT2D eigenvalue weighted by Crippen LogP contribution is 2.30. The number of anilines is 2. The van der Waals surface area contributed by atoms with Crippen LogP contribution < -0.4 is 22.1 Å². The van der Waals surface area contributed by atoms with Gasteiger partial charge in [-0.1, -0.05) is 11.3 Å². The van der Waals surface area contributed by atoms with Crippen molar-refractivity contribution in [3.8, 4) is 0 Å². The second kappa shape index (κ2) is 6.53. The predicted molar refractivity (Wildman–Crippen MR) is 75.5 cm³/mol. The first-order valence-electron chi connectivity index (χ1n) is 6.23. The van der Waals surface area contributed by atoms with Crippen LogP contribution in [-0.2, 0) is 9.53 Å². The van der Waals surface area contributed by atoms with Crippen molar-refractivity contribution in [3.05, 3.63) is 4.88 Å². The van der Waals surface area contributed by atoms with Crippen molar-refractivity contribution in [3.63, 3.8) is 0 Å². The Morgan fingerprint density at radius 3 is 2.85 bits per heavy atom. The molecule has 110 valence electrons. The molecule has 1 aromatic rings. The molecule has 0 radical (unpaired) electrons. The van der Waals surface area contributed by atoms with Crippen molar-refractivity contribution in [2.24, 2.45) is 5.73 Å². The summed E-state index contributed by atoms with van der Waals surface area (Å²) in [5.74, 6) is -0.626. The first-order valence-corrected chi connectivity index (χ1v) is 7.05. The molecule has 9 heteroatoms. The second-order valence-corrected chi connectivity index (χ2v) is 5.43. The molecule has 0 spiro atoms. The number of thiazole rings is 1. The zero-order valence-electron chi connectivity index (χ0n) is 10.8. The van der Waals surface area contributed by atoms with Gasteiger partial charge in [-0.05, 0) is 12.8 Å². The molecule has 0 aliphatic heterocycles. The predicted octanol–water partition coefficient (Wildman–Crippen LogP) is -0.469. The minimum absolute atomic E-state index is 0.159. The van der Waals surface area contributed by atoms with E-state index in [-0.39, 0.29) is 31.5 Å². The van der Waals surface area contributed by atoms with E-state index in [1.165, 1.54) is 11.3 Å². The van der Waals surface area contributed by atoms with Crippen LogP contribution in [0.15, 0.2) is 0 Å². The fraction of sp³-hybridized carbons (Fsp3) is 0.545. The molecule has 2 rings (SSSR count). The van der Waals surface area contributed by atoms with Crippen LogP contribution in [-0.4, -0.2) is 42.6 Å². The van der Waals surface area contributed by atoms with Gasteiger partial charge in [0.1, 0.15) is 17.3 Å². The molecular formula is C11H17N5O3S. The number of hydrogen-bond acceptors (Lipinski definition) is 7. The van der Waals surface area contributed by atoms with Gasteiger partial charge in [-0.15, -0.1) is 0 Å². The maximum atomic E-state index is 11.9. The molecule has 6 N–H and O–H groups in total. The van der Waals surface area contributed by atoms with Crippen LogP contribution in [0, 0.1) is 0 Å². The summed E-state index contributed by atoms with van der Waals surface area (Å²) in [4.78, 5) is 26.8. The molecule has 1 aliphatic carbocycles. The SMILES string of the molecule is NC(=O)COCCNC(=O)c1sc(NC2CC2)nc1N. The molecular weight excluding hydrogens is 282 g/mol. The second-order valence-electron chi connectivity index (χ2n) is 4.43. The van der Waals surface area contributed by atoms with Gasteiger partial charge in [0.15, 0.2) is 5.13 Å². The molecule has 1 heterocycles. The summed E-state index contributed by atoms with van der Waals surface area (Å²) in [7, 11) is 0. The molecule has 8 nitrogen and oxygen atoms in total. The first kappa shape index (κ1) is 14.5. The molecule has 1 fully saturated rings. The number of primary amides is 1. The zero-order valence-corrected chi connectivity index (χ0v) is 11.7. The summed E-state index contributed by atoms with van der Waals surface area (Å²) in [5, 5.41) is 6.50. The monoisotopic (exact) mass is 299 g/mol. The van der Waals surface area contributed by atoms with E-state index in [1.54, 1.807) is 0 Å². The van der Waals surface area contributed by atoms with Crippen LogP contribution in [0.2, 0.25) is 0 Å². The van der Waals surface area contributed by atoms with Crippen molar-refractivity contribution in [2.45, 2.75) is 18.9 Å². The number of carbonyl (C=O) groups excluding carboxylic acids is 2.